The maximum atomic E-state index is 11.2. The molecule has 0 heterocycles. The predicted molar refractivity (Wildman–Crippen MR) is 65.8 cm³/mol. The number of unbranched alkanes of at least 4 members (excludes halogenated alkanes) is 1. The van der Waals surface area contributed by atoms with Crippen LogP contribution in [-0.2, 0) is 9.53 Å². The molecule has 1 aromatic carbocycles. The Morgan fingerprint density at radius 2 is 2.31 bits per heavy atom. The fourth-order valence-electron chi connectivity index (χ4n) is 1.19. The van der Waals surface area contributed by atoms with Crippen LogP contribution in [0.1, 0.15) is 25.3 Å². The normalized spacial score (nSPS) is 10.6. The molecule has 2 N–H and O–H groups in total. The standard InChI is InChI=1S/C13H17NO2/c1-2-3-9-16-13(15)8-7-11-5-4-6-12(14)10-11/h4-8,10H,2-3,9,14H2,1H3/b8-7+. The van der Waals surface area contributed by atoms with Crippen LogP contribution in [0.3, 0.4) is 0 Å². The van der Waals surface area contributed by atoms with E-state index in [1.54, 1.807) is 18.2 Å². The lowest BCUT2D eigenvalue weighted by Gasteiger charge is -1.99. The maximum Gasteiger partial charge on any atom is 0.330 e. The molecule has 0 aliphatic heterocycles. The Balaban J connectivity index is 2.44. The molecule has 0 aliphatic carbocycles. The minimum Gasteiger partial charge on any atom is -0.463 e. The lowest BCUT2D eigenvalue weighted by Crippen LogP contribution is -2.01. The second-order valence-electron chi connectivity index (χ2n) is 3.52. The highest BCUT2D eigenvalue weighted by Gasteiger charge is 1.95. The molecule has 0 fully saturated rings. The summed E-state index contributed by atoms with van der Waals surface area (Å²) in [4.78, 5) is 11.2. The monoisotopic (exact) mass is 219 g/mol. The van der Waals surface area contributed by atoms with Crippen LogP contribution in [0.5, 0.6) is 0 Å². The summed E-state index contributed by atoms with van der Waals surface area (Å²) >= 11 is 0. The Labute approximate surface area is 95.9 Å². The van der Waals surface area contributed by atoms with E-state index in [2.05, 4.69) is 6.92 Å². The third-order valence-electron chi connectivity index (χ3n) is 2.06. The van der Waals surface area contributed by atoms with Gasteiger partial charge in [0.05, 0.1) is 6.61 Å². The topological polar surface area (TPSA) is 52.3 Å². The molecule has 0 bridgehead atoms. The predicted octanol–water partition coefficient (Wildman–Crippen LogP) is 2.63. The van der Waals surface area contributed by atoms with Crippen LogP contribution in [0.2, 0.25) is 0 Å². The van der Waals surface area contributed by atoms with Gasteiger partial charge in [0.2, 0.25) is 0 Å². The first-order chi connectivity index (χ1) is 7.72. The van der Waals surface area contributed by atoms with Crippen molar-refractivity contribution in [3.05, 3.63) is 35.9 Å². The van der Waals surface area contributed by atoms with E-state index < -0.39 is 0 Å². The van der Waals surface area contributed by atoms with E-state index >= 15 is 0 Å². The first-order valence-electron chi connectivity index (χ1n) is 5.42. The molecule has 16 heavy (non-hydrogen) atoms. The third-order valence-corrected chi connectivity index (χ3v) is 2.06. The summed E-state index contributed by atoms with van der Waals surface area (Å²) < 4.78 is 4.98. The van der Waals surface area contributed by atoms with Gasteiger partial charge in [0, 0.05) is 11.8 Å². The van der Waals surface area contributed by atoms with Gasteiger partial charge in [-0.15, -0.1) is 0 Å². The molecule has 0 radical (unpaired) electrons. The number of hydrogen-bond donors (Lipinski definition) is 1. The molecule has 3 heteroatoms. The van der Waals surface area contributed by atoms with Crippen molar-refractivity contribution in [1.29, 1.82) is 0 Å². The SMILES string of the molecule is CCCCOC(=O)/C=C/c1cccc(N)c1. The van der Waals surface area contributed by atoms with Gasteiger partial charge in [-0.25, -0.2) is 4.79 Å². The first kappa shape index (κ1) is 12.3. The first-order valence-corrected chi connectivity index (χ1v) is 5.42. The minimum absolute atomic E-state index is 0.309. The molecule has 0 amide bonds. The van der Waals surface area contributed by atoms with Gasteiger partial charge in [0.1, 0.15) is 0 Å². The van der Waals surface area contributed by atoms with E-state index in [4.69, 9.17) is 10.5 Å². The van der Waals surface area contributed by atoms with Crippen molar-refractivity contribution < 1.29 is 9.53 Å². The van der Waals surface area contributed by atoms with E-state index in [-0.39, 0.29) is 5.97 Å². The summed E-state index contributed by atoms with van der Waals surface area (Å²) in [7, 11) is 0. The van der Waals surface area contributed by atoms with E-state index in [0.717, 1.165) is 18.4 Å². The van der Waals surface area contributed by atoms with Crippen LogP contribution in [0.4, 0.5) is 5.69 Å². The summed E-state index contributed by atoms with van der Waals surface area (Å²) in [6.45, 7) is 2.53. The second-order valence-corrected chi connectivity index (χ2v) is 3.52. The quantitative estimate of drug-likeness (QED) is 0.358. The molecule has 1 rings (SSSR count). The van der Waals surface area contributed by atoms with Gasteiger partial charge in [-0.2, -0.15) is 0 Å². The second kappa shape index (κ2) is 6.67. The smallest absolute Gasteiger partial charge is 0.330 e. The van der Waals surface area contributed by atoms with Gasteiger partial charge >= 0.3 is 5.97 Å². The average Bonchev–Trinajstić information content (AvgIpc) is 2.27. The average molecular weight is 219 g/mol. The zero-order valence-electron chi connectivity index (χ0n) is 9.48. The van der Waals surface area contributed by atoms with Crippen LogP contribution >= 0.6 is 0 Å². The Morgan fingerprint density at radius 1 is 1.50 bits per heavy atom. The van der Waals surface area contributed by atoms with Crippen molar-refractivity contribution in [2.45, 2.75) is 19.8 Å². The number of hydrogen-bond acceptors (Lipinski definition) is 3. The zero-order chi connectivity index (χ0) is 11.8. The van der Waals surface area contributed by atoms with Gasteiger partial charge in [-0.1, -0.05) is 25.5 Å². The highest BCUT2D eigenvalue weighted by molar-refractivity contribution is 5.87. The summed E-state index contributed by atoms with van der Waals surface area (Å²) in [6, 6.07) is 7.33. The molecule has 0 saturated carbocycles. The van der Waals surface area contributed by atoms with E-state index in [9.17, 15) is 4.79 Å². The largest absolute Gasteiger partial charge is 0.463 e. The molecule has 0 aromatic heterocycles. The zero-order valence-corrected chi connectivity index (χ0v) is 9.48. The molecule has 1 aromatic rings. The number of carbonyl (C=O) groups excluding carboxylic acids is 1. The van der Waals surface area contributed by atoms with Gasteiger partial charge in [-0.05, 0) is 30.2 Å². The Kier molecular flexibility index (Phi) is 5.12. The van der Waals surface area contributed by atoms with Crippen molar-refractivity contribution in [2.75, 3.05) is 12.3 Å². The number of rotatable bonds is 5. The molecule has 0 aliphatic rings. The lowest BCUT2D eigenvalue weighted by atomic mass is 10.2. The number of nitrogen functional groups attached to an aromatic ring is 1. The molecule has 3 nitrogen and oxygen atoms in total. The Hall–Kier alpha value is -1.77. The van der Waals surface area contributed by atoms with Crippen molar-refractivity contribution in [3.63, 3.8) is 0 Å². The van der Waals surface area contributed by atoms with Crippen molar-refractivity contribution in [2.24, 2.45) is 0 Å². The number of benzene rings is 1. The molecule has 0 saturated heterocycles. The van der Waals surface area contributed by atoms with Crippen LogP contribution in [0.25, 0.3) is 6.08 Å². The number of carbonyl (C=O) groups is 1. The van der Waals surface area contributed by atoms with Crippen LogP contribution in [-0.4, -0.2) is 12.6 Å². The van der Waals surface area contributed by atoms with Crippen LogP contribution in [0.15, 0.2) is 30.3 Å². The van der Waals surface area contributed by atoms with Gasteiger partial charge in [0.25, 0.3) is 0 Å². The molecule has 0 atom stereocenters. The number of anilines is 1. The van der Waals surface area contributed by atoms with Gasteiger partial charge in [0.15, 0.2) is 0 Å². The molecular weight excluding hydrogens is 202 g/mol. The van der Waals surface area contributed by atoms with E-state index in [1.165, 1.54) is 6.08 Å². The lowest BCUT2D eigenvalue weighted by molar-refractivity contribution is -0.137. The minimum atomic E-state index is -0.309. The highest BCUT2D eigenvalue weighted by Crippen LogP contribution is 2.08. The van der Waals surface area contributed by atoms with Crippen molar-refractivity contribution in [3.8, 4) is 0 Å². The summed E-state index contributed by atoms with van der Waals surface area (Å²) in [5.74, 6) is -0.309. The number of esters is 1. The van der Waals surface area contributed by atoms with Gasteiger partial charge in [-0.3, -0.25) is 0 Å². The molecule has 0 spiro atoms. The maximum absolute atomic E-state index is 11.2. The van der Waals surface area contributed by atoms with Crippen LogP contribution in [0, 0.1) is 0 Å². The Bertz CT molecular complexity index is 372. The summed E-state index contributed by atoms with van der Waals surface area (Å²) in [5.41, 5.74) is 7.19. The third kappa shape index (κ3) is 4.64. The molecule has 0 unspecified atom stereocenters. The van der Waals surface area contributed by atoms with Crippen molar-refractivity contribution in [1.82, 2.24) is 0 Å². The van der Waals surface area contributed by atoms with E-state index in [1.807, 2.05) is 12.1 Å². The fourth-order valence-corrected chi connectivity index (χ4v) is 1.19. The molecule has 86 valence electrons. The fraction of sp³-hybridized carbons (Fsp3) is 0.308. The van der Waals surface area contributed by atoms with Gasteiger partial charge < -0.3 is 10.5 Å². The summed E-state index contributed by atoms with van der Waals surface area (Å²) in [6.07, 6.45) is 5.04. The highest BCUT2D eigenvalue weighted by atomic mass is 16.5. The molecular formula is C13H17NO2. The number of nitrogens with two attached hydrogens (primary N) is 1. The summed E-state index contributed by atoms with van der Waals surface area (Å²) in [5, 5.41) is 0. The van der Waals surface area contributed by atoms with E-state index in [0.29, 0.717) is 12.3 Å². The Morgan fingerprint density at radius 3 is 3.00 bits per heavy atom. The number of ether oxygens (including phenoxy) is 1. The van der Waals surface area contributed by atoms with Crippen molar-refractivity contribution >= 4 is 17.7 Å². The van der Waals surface area contributed by atoms with Crippen LogP contribution < -0.4 is 5.73 Å².